The molecule has 0 atom stereocenters. The number of hydrogen-bond donors (Lipinski definition) is 1. The monoisotopic (exact) mass is 286 g/mol. The Morgan fingerprint density at radius 3 is 2.95 bits per heavy atom. The largest absolute Gasteiger partial charge is 0.478 e. The Balaban J connectivity index is 1.93. The topological polar surface area (TPSA) is 52.0 Å². The van der Waals surface area contributed by atoms with Crippen LogP contribution in [0.1, 0.15) is 23.7 Å². The van der Waals surface area contributed by atoms with Crippen LogP contribution in [0.25, 0.3) is 0 Å². The number of nitrogens with one attached hydrogen (secondary N) is 1. The van der Waals surface area contributed by atoms with Gasteiger partial charge in [-0.25, -0.2) is 4.98 Å². The maximum absolute atomic E-state index is 5.52. The molecule has 0 aliphatic carbocycles. The number of pyridine rings is 1. The molecule has 0 saturated heterocycles. The van der Waals surface area contributed by atoms with Crippen LogP contribution in [0.5, 0.6) is 5.88 Å². The van der Waals surface area contributed by atoms with E-state index in [0.717, 1.165) is 30.9 Å². The fourth-order valence-electron chi connectivity index (χ4n) is 2.12. The van der Waals surface area contributed by atoms with Gasteiger partial charge in [-0.2, -0.15) is 5.10 Å². The molecular formula is C16H22N4O. The lowest BCUT2D eigenvalue weighted by molar-refractivity contribution is 0.322. The first-order valence-corrected chi connectivity index (χ1v) is 7.15. The van der Waals surface area contributed by atoms with Gasteiger partial charge in [0.25, 0.3) is 0 Å². The van der Waals surface area contributed by atoms with Crippen LogP contribution >= 0.6 is 0 Å². The van der Waals surface area contributed by atoms with Crippen molar-refractivity contribution in [2.75, 3.05) is 6.61 Å². The second-order valence-electron chi connectivity index (χ2n) is 4.75. The first kappa shape index (κ1) is 15.3. The molecule has 0 aliphatic heterocycles. The maximum atomic E-state index is 5.52. The van der Waals surface area contributed by atoms with E-state index in [1.807, 2.05) is 36.7 Å². The molecule has 5 heteroatoms. The van der Waals surface area contributed by atoms with E-state index in [9.17, 15) is 0 Å². The highest BCUT2D eigenvalue weighted by molar-refractivity contribution is 5.25. The summed E-state index contributed by atoms with van der Waals surface area (Å²) < 4.78 is 7.42. The van der Waals surface area contributed by atoms with E-state index in [-0.39, 0.29) is 0 Å². The Morgan fingerprint density at radius 1 is 1.38 bits per heavy atom. The SMILES string of the molecule is C=CCn1cc(CNCc2cccnc2OCC)c(C)n1. The highest BCUT2D eigenvalue weighted by Gasteiger charge is 2.06. The molecule has 0 aliphatic rings. The van der Waals surface area contributed by atoms with Crippen molar-refractivity contribution in [1.82, 2.24) is 20.1 Å². The summed E-state index contributed by atoms with van der Waals surface area (Å²) in [4.78, 5) is 4.25. The molecule has 5 nitrogen and oxygen atoms in total. The lowest BCUT2D eigenvalue weighted by atomic mass is 10.2. The number of aromatic nitrogens is 3. The van der Waals surface area contributed by atoms with Crippen LogP contribution in [0.2, 0.25) is 0 Å². The molecule has 0 unspecified atom stereocenters. The molecular weight excluding hydrogens is 264 g/mol. The molecule has 2 aromatic heterocycles. The average Bonchev–Trinajstić information content (AvgIpc) is 2.82. The second kappa shape index (κ2) is 7.59. The fraction of sp³-hybridized carbons (Fsp3) is 0.375. The lowest BCUT2D eigenvalue weighted by Gasteiger charge is -2.09. The highest BCUT2D eigenvalue weighted by atomic mass is 16.5. The third-order valence-corrected chi connectivity index (χ3v) is 3.13. The summed E-state index contributed by atoms with van der Waals surface area (Å²) in [5.41, 5.74) is 3.30. The third-order valence-electron chi connectivity index (χ3n) is 3.13. The summed E-state index contributed by atoms with van der Waals surface area (Å²) in [6.45, 7) is 10.5. The predicted octanol–water partition coefficient (Wildman–Crippen LogP) is 2.46. The van der Waals surface area contributed by atoms with Gasteiger partial charge in [0.2, 0.25) is 5.88 Å². The number of aryl methyl sites for hydroxylation is 1. The Kier molecular flexibility index (Phi) is 5.51. The van der Waals surface area contributed by atoms with Crippen molar-refractivity contribution in [3.05, 3.63) is 54.0 Å². The van der Waals surface area contributed by atoms with Crippen molar-refractivity contribution >= 4 is 0 Å². The zero-order valence-electron chi connectivity index (χ0n) is 12.7. The summed E-state index contributed by atoms with van der Waals surface area (Å²) in [7, 11) is 0. The Labute approximate surface area is 125 Å². The van der Waals surface area contributed by atoms with Gasteiger partial charge < -0.3 is 10.1 Å². The summed E-state index contributed by atoms with van der Waals surface area (Å²) >= 11 is 0. The van der Waals surface area contributed by atoms with Crippen molar-refractivity contribution in [1.29, 1.82) is 0 Å². The van der Waals surface area contributed by atoms with Gasteiger partial charge >= 0.3 is 0 Å². The summed E-state index contributed by atoms with van der Waals surface area (Å²) in [5, 5.41) is 7.86. The molecule has 0 saturated carbocycles. The van der Waals surface area contributed by atoms with E-state index in [1.165, 1.54) is 5.56 Å². The molecule has 2 aromatic rings. The van der Waals surface area contributed by atoms with Gasteiger partial charge in [-0.3, -0.25) is 4.68 Å². The number of ether oxygens (including phenoxy) is 1. The minimum Gasteiger partial charge on any atom is -0.478 e. The fourth-order valence-corrected chi connectivity index (χ4v) is 2.12. The molecule has 1 N–H and O–H groups in total. The van der Waals surface area contributed by atoms with Crippen LogP contribution in [0.3, 0.4) is 0 Å². The van der Waals surface area contributed by atoms with E-state index in [2.05, 4.69) is 28.2 Å². The van der Waals surface area contributed by atoms with Crippen molar-refractivity contribution < 1.29 is 4.74 Å². The normalized spacial score (nSPS) is 10.6. The van der Waals surface area contributed by atoms with Gasteiger partial charge in [0.05, 0.1) is 18.8 Å². The van der Waals surface area contributed by atoms with Crippen molar-refractivity contribution in [3.8, 4) is 5.88 Å². The molecule has 112 valence electrons. The van der Waals surface area contributed by atoms with Crippen LogP contribution in [-0.2, 0) is 19.6 Å². The summed E-state index contributed by atoms with van der Waals surface area (Å²) in [6, 6.07) is 3.95. The Morgan fingerprint density at radius 2 is 2.19 bits per heavy atom. The van der Waals surface area contributed by atoms with Crippen molar-refractivity contribution in [2.24, 2.45) is 0 Å². The van der Waals surface area contributed by atoms with E-state index >= 15 is 0 Å². The van der Waals surface area contributed by atoms with Gasteiger partial charge in [-0.05, 0) is 19.9 Å². The molecule has 0 amide bonds. The van der Waals surface area contributed by atoms with Gasteiger partial charge in [0, 0.05) is 36.6 Å². The van der Waals surface area contributed by atoms with E-state index < -0.39 is 0 Å². The van der Waals surface area contributed by atoms with Crippen molar-refractivity contribution in [2.45, 2.75) is 33.5 Å². The Bertz CT molecular complexity index is 592. The third kappa shape index (κ3) is 4.16. The van der Waals surface area contributed by atoms with Gasteiger partial charge in [-0.1, -0.05) is 12.1 Å². The average molecular weight is 286 g/mol. The molecule has 0 bridgehead atoms. The molecule has 2 rings (SSSR count). The number of rotatable bonds is 8. The van der Waals surface area contributed by atoms with Gasteiger partial charge in [0.15, 0.2) is 0 Å². The molecule has 0 radical (unpaired) electrons. The summed E-state index contributed by atoms with van der Waals surface area (Å²) in [6.07, 6.45) is 5.64. The first-order chi connectivity index (χ1) is 10.2. The molecule has 21 heavy (non-hydrogen) atoms. The zero-order valence-corrected chi connectivity index (χ0v) is 12.7. The smallest absolute Gasteiger partial charge is 0.217 e. The summed E-state index contributed by atoms with van der Waals surface area (Å²) in [5.74, 6) is 0.701. The minimum absolute atomic E-state index is 0.622. The van der Waals surface area contributed by atoms with E-state index in [0.29, 0.717) is 12.5 Å². The predicted molar refractivity (Wildman–Crippen MR) is 83.1 cm³/mol. The number of hydrogen-bond acceptors (Lipinski definition) is 4. The first-order valence-electron chi connectivity index (χ1n) is 7.15. The molecule has 0 fully saturated rings. The van der Waals surface area contributed by atoms with Crippen LogP contribution in [0.15, 0.2) is 37.2 Å². The minimum atomic E-state index is 0.622. The van der Waals surface area contributed by atoms with Crippen LogP contribution < -0.4 is 10.1 Å². The Hall–Kier alpha value is -2.14. The van der Waals surface area contributed by atoms with E-state index in [1.54, 1.807) is 6.20 Å². The van der Waals surface area contributed by atoms with Gasteiger partial charge in [0.1, 0.15) is 0 Å². The molecule has 2 heterocycles. The number of nitrogens with zero attached hydrogens (tertiary/aromatic N) is 3. The molecule has 0 spiro atoms. The van der Waals surface area contributed by atoms with Crippen LogP contribution in [-0.4, -0.2) is 21.4 Å². The van der Waals surface area contributed by atoms with Crippen LogP contribution in [0.4, 0.5) is 0 Å². The van der Waals surface area contributed by atoms with Crippen molar-refractivity contribution in [3.63, 3.8) is 0 Å². The zero-order chi connectivity index (χ0) is 15.1. The highest BCUT2D eigenvalue weighted by Crippen LogP contribution is 2.14. The number of allylic oxidation sites excluding steroid dienone is 1. The molecule has 0 aromatic carbocycles. The van der Waals surface area contributed by atoms with Gasteiger partial charge in [-0.15, -0.1) is 6.58 Å². The maximum Gasteiger partial charge on any atom is 0.217 e. The quantitative estimate of drug-likeness (QED) is 0.757. The standard InChI is InChI=1S/C16H22N4O/c1-4-9-20-12-15(13(3)19-20)11-17-10-14-7-6-8-18-16(14)21-5-2/h4,6-8,12,17H,1,5,9-11H2,2-3H3. The second-order valence-corrected chi connectivity index (χ2v) is 4.75. The van der Waals surface area contributed by atoms with E-state index in [4.69, 9.17) is 4.74 Å². The lowest BCUT2D eigenvalue weighted by Crippen LogP contribution is -2.14. The van der Waals surface area contributed by atoms with Crippen LogP contribution in [0, 0.1) is 6.92 Å².